The van der Waals surface area contributed by atoms with Crippen LogP contribution in [-0.2, 0) is 0 Å². The Balaban J connectivity index is 1.10. The number of fused-ring (bicyclic) bond motifs is 10. The summed E-state index contributed by atoms with van der Waals surface area (Å²) in [5.74, 6) is 0. The van der Waals surface area contributed by atoms with Crippen molar-refractivity contribution in [3.8, 4) is 33.4 Å². The van der Waals surface area contributed by atoms with Gasteiger partial charge in [-0.1, -0.05) is 115 Å². The van der Waals surface area contributed by atoms with E-state index < -0.39 is 0 Å². The Kier molecular flexibility index (Phi) is 5.82. The Morgan fingerprint density at radius 1 is 0.340 bits per heavy atom. The van der Waals surface area contributed by atoms with Gasteiger partial charge in [-0.25, -0.2) is 0 Å². The molecule has 2 aromatic heterocycles. The topological polar surface area (TPSA) is 26.3 Å². The van der Waals surface area contributed by atoms with Gasteiger partial charge in [-0.2, -0.15) is 0 Å². The first kappa shape index (κ1) is 27.6. The van der Waals surface area contributed by atoms with Crippen molar-refractivity contribution in [2.24, 2.45) is 0 Å². The summed E-state index contributed by atoms with van der Waals surface area (Å²) >= 11 is 0. The van der Waals surface area contributed by atoms with Crippen molar-refractivity contribution in [1.82, 2.24) is 0 Å². The zero-order chi connectivity index (χ0) is 32.8. The van der Waals surface area contributed by atoms with Crippen LogP contribution in [0.5, 0.6) is 0 Å². The molecule has 1 aliphatic rings. The number of para-hydroxylation sites is 1. The van der Waals surface area contributed by atoms with Gasteiger partial charge in [0.2, 0.25) is 0 Å². The second-order valence-electron chi connectivity index (χ2n) is 13.5. The van der Waals surface area contributed by atoms with Gasteiger partial charge in [0.15, 0.2) is 0 Å². The molecule has 0 N–H and O–H groups in total. The molecule has 1 aliphatic carbocycles. The molecule has 0 bridgehead atoms. The number of hydrogen-bond acceptors (Lipinski definition) is 2. The smallest absolute Gasteiger partial charge is 0.136 e. The Hall–Kier alpha value is -6.38. The molecular weight excluding hydrogens is 609 g/mol. The Morgan fingerprint density at radius 2 is 0.940 bits per heavy atom. The van der Waals surface area contributed by atoms with Gasteiger partial charge in [0.05, 0.1) is 0 Å². The average molecular weight is 639 g/mol. The summed E-state index contributed by atoms with van der Waals surface area (Å²) in [6.07, 6.45) is 7.00. The van der Waals surface area contributed by atoms with Crippen molar-refractivity contribution >= 4 is 77.6 Å². The fourth-order valence-electron chi connectivity index (χ4n) is 8.44. The number of benzene rings is 8. The molecule has 0 fully saturated rings. The van der Waals surface area contributed by atoms with E-state index >= 15 is 0 Å². The van der Waals surface area contributed by atoms with Crippen LogP contribution >= 0.6 is 0 Å². The molecule has 0 spiro atoms. The maximum absolute atomic E-state index is 6.50. The van der Waals surface area contributed by atoms with E-state index in [1.165, 1.54) is 60.0 Å². The van der Waals surface area contributed by atoms with Crippen LogP contribution in [0.3, 0.4) is 0 Å². The molecule has 10 aromatic rings. The maximum atomic E-state index is 6.50. The highest BCUT2D eigenvalue weighted by Crippen LogP contribution is 2.40. The second-order valence-corrected chi connectivity index (χ2v) is 13.5. The van der Waals surface area contributed by atoms with Gasteiger partial charge in [-0.15, -0.1) is 0 Å². The monoisotopic (exact) mass is 638 g/mol. The summed E-state index contributed by atoms with van der Waals surface area (Å²) in [5.41, 5.74) is 11.1. The molecule has 2 nitrogen and oxygen atoms in total. The Labute approximate surface area is 287 Å². The van der Waals surface area contributed by atoms with Crippen molar-refractivity contribution in [2.45, 2.75) is 12.8 Å². The van der Waals surface area contributed by atoms with Gasteiger partial charge in [0, 0.05) is 21.5 Å². The quantitative estimate of drug-likeness (QED) is 0.192. The van der Waals surface area contributed by atoms with E-state index in [-0.39, 0.29) is 0 Å². The van der Waals surface area contributed by atoms with Crippen LogP contribution in [0.25, 0.3) is 111 Å². The molecule has 234 valence electrons. The van der Waals surface area contributed by atoms with Crippen molar-refractivity contribution in [1.29, 1.82) is 0 Å². The standard InChI is InChI=1S/C48H30O2/c1-2-11-29(12-3-1)46-34-15-4-6-17-36(34)47(37-18-7-5-16-35(37)46)33-14-10-13-30(25-33)31-21-23-43-40(26-31)41-27-32-22-24-44-48(39(32)28-45(41)50-43)38-19-8-9-20-42(38)49-44/h1-4,6,8-28H,5,7H2. The summed E-state index contributed by atoms with van der Waals surface area (Å²) < 4.78 is 12.7. The predicted octanol–water partition coefficient (Wildman–Crippen LogP) is 12.1. The molecule has 0 amide bonds. The highest BCUT2D eigenvalue weighted by atomic mass is 16.3. The molecule has 2 heterocycles. The summed E-state index contributed by atoms with van der Waals surface area (Å²) in [4.78, 5) is 0. The number of hydrogen-bond donors (Lipinski definition) is 0. The van der Waals surface area contributed by atoms with E-state index in [2.05, 4.69) is 146 Å². The minimum absolute atomic E-state index is 0.888. The summed E-state index contributed by atoms with van der Waals surface area (Å²) in [5, 5.41) is 12.1. The zero-order valence-electron chi connectivity index (χ0n) is 27.2. The lowest BCUT2D eigenvalue weighted by Gasteiger charge is -2.18. The third-order valence-electron chi connectivity index (χ3n) is 10.7. The highest BCUT2D eigenvalue weighted by Gasteiger charge is 2.18. The van der Waals surface area contributed by atoms with Gasteiger partial charge >= 0.3 is 0 Å². The minimum Gasteiger partial charge on any atom is -0.456 e. The lowest BCUT2D eigenvalue weighted by atomic mass is 9.85. The van der Waals surface area contributed by atoms with E-state index in [0.717, 1.165) is 62.1 Å². The molecular formula is C48H30O2. The Morgan fingerprint density at radius 3 is 1.76 bits per heavy atom. The van der Waals surface area contributed by atoms with Gasteiger partial charge in [0.1, 0.15) is 22.3 Å². The first-order chi connectivity index (χ1) is 24.8. The molecule has 2 heteroatoms. The molecule has 0 aliphatic heterocycles. The van der Waals surface area contributed by atoms with E-state index in [9.17, 15) is 0 Å². The van der Waals surface area contributed by atoms with E-state index in [1.54, 1.807) is 0 Å². The van der Waals surface area contributed by atoms with E-state index in [0.29, 0.717) is 0 Å². The Bertz CT molecular complexity index is 3140. The molecule has 0 atom stereocenters. The molecule has 0 saturated carbocycles. The van der Waals surface area contributed by atoms with Crippen LogP contribution in [0.1, 0.15) is 12.8 Å². The van der Waals surface area contributed by atoms with Gasteiger partial charge in [-0.05, 0) is 121 Å². The van der Waals surface area contributed by atoms with Crippen molar-refractivity contribution < 1.29 is 8.83 Å². The fraction of sp³-hybridized carbons (Fsp3) is 0.0417. The second kappa shape index (κ2) is 10.6. The third-order valence-corrected chi connectivity index (χ3v) is 10.7. The first-order valence-electron chi connectivity index (χ1n) is 17.4. The molecule has 0 saturated heterocycles. The lowest BCUT2D eigenvalue weighted by Crippen LogP contribution is -2.31. The fourth-order valence-corrected chi connectivity index (χ4v) is 8.44. The first-order valence-corrected chi connectivity index (χ1v) is 17.4. The summed E-state index contributed by atoms with van der Waals surface area (Å²) in [6.45, 7) is 0. The predicted molar refractivity (Wildman–Crippen MR) is 210 cm³/mol. The van der Waals surface area contributed by atoms with Gasteiger partial charge in [0.25, 0.3) is 0 Å². The minimum atomic E-state index is 0.888. The van der Waals surface area contributed by atoms with Crippen molar-refractivity contribution in [3.63, 3.8) is 0 Å². The van der Waals surface area contributed by atoms with Crippen LogP contribution in [0, 0.1) is 0 Å². The van der Waals surface area contributed by atoms with E-state index in [1.807, 2.05) is 12.1 Å². The van der Waals surface area contributed by atoms with E-state index in [4.69, 9.17) is 8.83 Å². The number of furan rings is 2. The summed E-state index contributed by atoms with van der Waals surface area (Å²) in [7, 11) is 0. The van der Waals surface area contributed by atoms with Crippen molar-refractivity contribution in [3.05, 3.63) is 156 Å². The van der Waals surface area contributed by atoms with Crippen LogP contribution < -0.4 is 10.4 Å². The van der Waals surface area contributed by atoms with Gasteiger partial charge < -0.3 is 8.83 Å². The van der Waals surface area contributed by atoms with Crippen LogP contribution in [0.15, 0.2) is 154 Å². The van der Waals surface area contributed by atoms with Gasteiger partial charge in [-0.3, -0.25) is 0 Å². The van der Waals surface area contributed by atoms with Crippen molar-refractivity contribution in [2.75, 3.05) is 0 Å². The molecule has 8 aromatic carbocycles. The zero-order valence-corrected chi connectivity index (χ0v) is 27.2. The highest BCUT2D eigenvalue weighted by molar-refractivity contribution is 6.22. The van der Waals surface area contributed by atoms with Crippen LogP contribution in [-0.4, -0.2) is 0 Å². The SMILES string of the molecule is C1=c2c(-c3ccccc3)c3ccccc3c(-c3cccc(-c4ccc5oc6cc7c(ccc8oc9ccccc9c87)cc6c5c4)c3)c2=CCC1. The summed E-state index contributed by atoms with van der Waals surface area (Å²) in [6, 6.07) is 52.4. The average Bonchev–Trinajstić information content (AvgIpc) is 3.74. The third kappa shape index (κ3) is 4.02. The molecule has 50 heavy (non-hydrogen) atoms. The number of rotatable bonds is 3. The largest absolute Gasteiger partial charge is 0.456 e. The maximum Gasteiger partial charge on any atom is 0.136 e. The van der Waals surface area contributed by atoms with Crippen LogP contribution in [0.4, 0.5) is 0 Å². The molecule has 0 radical (unpaired) electrons. The molecule has 11 rings (SSSR count). The van der Waals surface area contributed by atoms with Crippen LogP contribution in [0.2, 0.25) is 0 Å². The normalized spacial score (nSPS) is 13.0. The molecule has 0 unspecified atom stereocenters. The lowest BCUT2D eigenvalue weighted by molar-refractivity contribution is 0.669.